The number of aromatic nitrogens is 2. The zero-order valence-electron chi connectivity index (χ0n) is 16.4. The second kappa shape index (κ2) is 9.01. The number of hydrogen-bond acceptors (Lipinski definition) is 4. The Hall–Kier alpha value is -3.65. The number of carbonyl (C=O) groups excluding carboxylic acids is 2. The molecular weight excluding hydrogens is 460 g/mol. The van der Waals surface area contributed by atoms with E-state index in [1.54, 1.807) is 42.5 Å². The summed E-state index contributed by atoms with van der Waals surface area (Å²) in [6, 6.07) is 17.7. The third kappa shape index (κ3) is 4.92. The quantitative estimate of drug-likeness (QED) is 0.422. The number of benzene rings is 2. The molecule has 0 aliphatic carbocycles. The van der Waals surface area contributed by atoms with E-state index in [2.05, 4.69) is 26.2 Å². The number of halogens is 1. The van der Waals surface area contributed by atoms with Gasteiger partial charge in [-0.2, -0.15) is 0 Å². The number of nitrogens with one attached hydrogen (secondary N) is 1. The fourth-order valence-corrected chi connectivity index (χ4v) is 3.49. The molecule has 156 valence electrons. The number of imidazole rings is 1. The van der Waals surface area contributed by atoms with Gasteiger partial charge in [-0.05, 0) is 57.9 Å². The van der Waals surface area contributed by atoms with Crippen LogP contribution < -0.4 is 15.8 Å². The van der Waals surface area contributed by atoms with Crippen LogP contribution in [0.15, 0.2) is 77.5 Å². The lowest BCUT2D eigenvalue weighted by Gasteiger charge is -2.10. The second-order valence-electron chi connectivity index (χ2n) is 6.88. The summed E-state index contributed by atoms with van der Waals surface area (Å²) in [4.78, 5) is 28.6. The van der Waals surface area contributed by atoms with Crippen LogP contribution in [0.3, 0.4) is 0 Å². The number of pyridine rings is 1. The van der Waals surface area contributed by atoms with Crippen LogP contribution in [0.25, 0.3) is 5.65 Å². The average molecular weight is 479 g/mol. The summed E-state index contributed by atoms with van der Waals surface area (Å²) in [5, 5.41) is 2.89. The maximum Gasteiger partial charge on any atom is 0.252 e. The van der Waals surface area contributed by atoms with Gasteiger partial charge < -0.3 is 20.2 Å². The van der Waals surface area contributed by atoms with E-state index >= 15 is 0 Å². The van der Waals surface area contributed by atoms with Gasteiger partial charge in [-0.25, -0.2) is 4.98 Å². The Morgan fingerprint density at radius 2 is 1.90 bits per heavy atom. The fraction of sp³-hybridized carbons (Fsp3) is 0.0870. The van der Waals surface area contributed by atoms with Crippen molar-refractivity contribution in [3.05, 3.63) is 99.9 Å². The molecule has 0 bridgehead atoms. The predicted molar refractivity (Wildman–Crippen MR) is 120 cm³/mol. The van der Waals surface area contributed by atoms with Crippen molar-refractivity contribution in [3.63, 3.8) is 0 Å². The van der Waals surface area contributed by atoms with Gasteiger partial charge in [-0.1, -0.05) is 24.3 Å². The third-order valence-electron chi connectivity index (χ3n) is 4.63. The zero-order valence-corrected chi connectivity index (χ0v) is 18.0. The fourth-order valence-electron chi connectivity index (χ4n) is 3.13. The monoisotopic (exact) mass is 478 g/mol. The lowest BCUT2D eigenvalue weighted by molar-refractivity contribution is 0.0949. The zero-order chi connectivity index (χ0) is 21.8. The number of ether oxygens (including phenoxy) is 1. The normalized spacial score (nSPS) is 10.7. The number of para-hydroxylation sites is 1. The van der Waals surface area contributed by atoms with Gasteiger partial charge in [0.2, 0.25) is 0 Å². The van der Waals surface area contributed by atoms with Crippen molar-refractivity contribution in [2.45, 2.75) is 13.2 Å². The minimum atomic E-state index is -0.553. The summed E-state index contributed by atoms with van der Waals surface area (Å²) in [6.45, 7) is 0.511. The van der Waals surface area contributed by atoms with E-state index < -0.39 is 5.91 Å². The topological polar surface area (TPSA) is 98.7 Å². The van der Waals surface area contributed by atoms with Crippen LogP contribution in [0.1, 0.15) is 32.0 Å². The van der Waals surface area contributed by atoms with Crippen LogP contribution >= 0.6 is 15.9 Å². The molecule has 2 aromatic heterocycles. The first-order valence-corrected chi connectivity index (χ1v) is 10.3. The van der Waals surface area contributed by atoms with Gasteiger partial charge in [0, 0.05) is 22.4 Å². The Kier molecular flexibility index (Phi) is 5.99. The highest BCUT2D eigenvalue weighted by atomic mass is 79.9. The van der Waals surface area contributed by atoms with Gasteiger partial charge in [0.05, 0.1) is 17.8 Å². The maximum absolute atomic E-state index is 12.6. The largest absolute Gasteiger partial charge is 0.488 e. The first kappa shape index (κ1) is 20.6. The molecule has 0 saturated carbocycles. The molecule has 0 unspecified atom stereocenters. The summed E-state index contributed by atoms with van der Waals surface area (Å²) >= 11 is 3.43. The number of primary amides is 1. The molecule has 0 saturated heterocycles. The van der Waals surface area contributed by atoms with Crippen LogP contribution in [0.2, 0.25) is 0 Å². The summed E-state index contributed by atoms with van der Waals surface area (Å²) in [6.07, 6.45) is 3.79. The van der Waals surface area contributed by atoms with E-state index in [4.69, 9.17) is 10.5 Å². The van der Waals surface area contributed by atoms with Crippen LogP contribution in [0, 0.1) is 0 Å². The van der Waals surface area contributed by atoms with Crippen molar-refractivity contribution >= 4 is 33.4 Å². The molecule has 0 spiro atoms. The molecule has 4 aromatic rings. The number of carbonyl (C=O) groups is 2. The SMILES string of the molecule is NC(=O)c1ccccc1OCc1cccc(C(=O)NCc2cn3cc(Br)ccc3n2)c1. The molecule has 2 amide bonds. The smallest absolute Gasteiger partial charge is 0.252 e. The molecule has 2 aromatic carbocycles. The molecule has 7 nitrogen and oxygen atoms in total. The molecule has 3 N–H and O–H groups in total. The van der Waals surface area contributed by atoms with E-state index in [-0.39, 0.29) is 12.5 Å². The highest BCUT2D eigenvalue weighted by Crippen LogP contribution is 2.19. The van der Waals surface area contributed by atoms with E-state index in [0.29, 0.717) is 23.4 Å². The Morgan fingerprint density at radius 3 is 2.74 bits per heavy atom. The molecule has 4 rings (SSSR count). The van der Waals surface area contributed by atoms with Crippen LogP contribution in [-0.2, 0) is 13.2 Å². The Bertz CT molecular complexity index is 1270. The van der Waals surface area contributed by atoms with Gasteiger partial charge in [-0.3, -0.25) is 9.59 Å². The minimum absolute atomic E-state index is 0.201. The van der Waals surface area contributed by atoms with E-state index in [9.17, 15) is 9.59 Å². The number of fused-ring (bicyclic) bond motifs is 1. The highest BCUT2D eigenvalue weighted by molar-refractivity contribution is 9.10. The summed E-state index contributed by atoms with van der Waals surface area (Å²) in [5.74, 6) is -0.357. The van der Waals surface area contributed by atoms with E-state index in [1.807, 2.05) is 35.0 Å². The van der Waals surface area contributed by atoms with Crippen molar-refractivity contribution in [3.8, 4) is 5.75 Å². The van der Waals surface area contributed by atoms with Crippen molar-refractivity contribution < 1.29 is 14.3 Å². The van der Waals surface area contributed by atoms with Crippen molar-refractivity contribution in [2.75, 3.05) is 0 Å². The number of hydrogen-bond donors (Lipinski definition) is 2. The molecular formula is C23H19BrN4O3. The standard InChI is InChI=1S/C23H19BrN4O3/c24-17-8-9-21-27-18(13-28(21)12-17)11-26-23(30)16-5-3-4-15(10-16)14-31-20-7-2-1-6-19(20)22(25)29/h1-10,12-13H,11,14H2,(H2,25,29)(H,26,30). The number of nitrogens with two attached hydrogens (primary N) is 1. The van der Waals surface area contributed by atoms with Gasteiger partial charge >= 0.3 is 0 Å². The van der Waals surface area contributed by atoms with Gasteiger partial charge in [-0.15, -0.1) is 0 Å². The minimum Gasteiger partial charge on any atom is -0.488 e. The maximum atomic E-state index is 12.6. The number of rotatable bonds is 7. The molecule has 0 radical (unpaired) electrons. The van der Waals surface area contributed by atoms with Crippen LogP contribution in [0.5, 0.6) is 5.75 Å². The van der Waals surface area contributed by atoms with Crippen LogP contribution in [-0.4, -0.2) is 21.2 Å². The average Bonchev–Trinajstić information content (AvgIpc) is 3.18. The lowest BCUT2D eigenvalue weighted by Crippen LogP contribution is -2.23. The first-order chi connectivity index (χ1) is 15.0. The summed E-state index contributed by atoms with van der Waals surface area (Å²) < 4.78 is 8.59. The number of nitrogens with zero attached hydrogens (tertiary/aromatic N) is 2. The molecule has 0 fully saturated rings. The van der Waals surface area contributed by atoms with Crippen molar-refractivity contribution in [1.29, 1.82) is 0 Å². The first-order valence-electron chi connectivity index (χ1n) is 9.51. The van der Waals surface area contributed by atoms with Crippen molar-refractivity contribution in [1.82, 2.24) is 14.7 Å². The molecule has 2 heterocycles. The van der Waals surface area contributed by atoms with Gasteiger partial charge in [0.15, 0.2) is 0 Å². The molecule has 0 atom stereocenters. The summed E-state index contributed by atoms with van der Waals surface area (Å²) in [7, 11) is 0. The molecule has 31 heavy (non-hydrogen) atoms. The Balaban J connectivity index is 1.40. The highest BCUT2D eigenvalue weighted by Gasteiger charge is 2.11. The molecule has 0 aliphatic heterocycles. The predicted octanol–water partition coefficient (Wildman–Crippen LogP) is 3.70. The Labute approximate surface area is 187 Å². The molecule has 8 heteroatoms. The third-order valence-corrected chi connectivity index (χ3v) is 5.10. The molecule has 0 aliphatic rings. The van der Waals surface area contributed by atoms with Gasteiger partial charge in [0.25, 0.3) is 11.8 Å². The van der Waals surface area contributed by atoms with Gasteiger partial charge in [0.1, 0.15) is 18.0 Å². The van der Waals surface area contributed by atoms with Crippen LogP contribution in [0.4, 0.5) is 0 Å². The van der Waals surface area contributed by atoms with E-state index in [0.717, 1.165) is 21.4 Å². The van der Waals surface area contributed by atoms with Crippen molar-refractivity contribution in [2.24, 2.45) is 5.73 Å². The second-order valence-corrected chi connectivity index (χ2v) is 7.79. The lowest BCUT2D eigenvalue weighted by atomic mass is 10.1. The Morgan fingerprint density at radius 1 is 1.06 bits per heavy atom. The summed E-state index contributed by atoms with van der Waals surface area (Å²) in [5.41, 5.74) is 8.57. The van der Waals surface area contributed by atoms with E-state index in [1.165, 1.54) is 0 Å². The number of amides is 2.